The van der Waals surface area contributed by atoms with Gasteiger partial charge in [0.05, 0.1) is 11.0 Å². The van der Waals surface area contributed by atoms with Crippen molar-refractivity contribution < 1.29 is 4.39 Å². The minimum atomic E-state index is -0.293. The van der Waals surface area contributed by atoms with Crippen LogP contribution in [0.1, 0.15) is 5.69 Å². The van der Waals surface area contributed by atoms with Gasteiger partial charge in [0.2, 0.25) is 5.56 Å². The van der Waals surface area contributed by atoms with E-state index in [1.165, 1.54) is 12.1 Å². The molecule has 0 radical (unpaired) electrons. The summed E-state index contributed by atoms with van der Waals surface area (Å²) in [6, 6.07) is 6.39. The van der Waals surface area contributed by atoms with E-state index in [-0.39, 0.29) is 11.4 Å². The fourth-order valence-electron chi connectivity index (χ4n) is 2.48. The number of aryl methyl sites for hydroxylation is 2. The van der Waals surface area contributed by atoms with E-state index in [0.29, 0.717) is 10.8 Å². The van der Waals surface area contributed by atoms with E-state index >= 15 is 0 Å². The molecule has 0 unspecified atom stereocenters. The maximum atomic E-state index is 13.9. The molecule has 0 atom stereocenters. The molecule has 2 aromatic heterocycles. The van der Waals surface area contributed by atoms with Gasteiger partial charge in [0.25, 0.3) is 0 Å². The number of nitrogens with one attached hydrogen (secondary N) is 1. The Morgan fingerprint density at radius 2 is 2.12 bits per heavy atom. The van der Waals surface area contributed by atoms with Gasteiger partial charge in [-0.15, -0.1) is 0 Å². The first-order valence-electron chi connectivity index (χ1n) is 5.36. The van der Waals surface area contributed by atoms with Crippen LogP contribution in [0.15, 0.2) is 29.1 Å². The Morgan fingerprint density at radius 3 is 2.88 bits per heavy atom. The van der Waals surface area contributed by atoms with E-state index in [0.717, 1.165) is 16.7 Å². The molecule has 0 amide bonds. The van der Waals surface area contributed by atoms with E-state index < -0.39 is 0 Å². The van der Waals surface area contributed by atoms with Crippen LogP contribution in [0, 0.1) is 12.7 Å². The predicted octanol–water partition coefficient (Wildman–Crippen LogP) is 2.47. The van der Waals surface area contributed by atoms with Gasteiger partial charge in [0.1, 0.15) is 5.82 Å². The van der Waals surface area contributed by atoms with Crippen LogP contribution in [0.4, 0.5) is 4.39 Å². The second-order valence-corrected chi connectivity index (χ2v) is 4.21. The molecule has 3 aromatic rings. The van der Waals surface area contributed by atoms with Crippen molar-refractivity contribution >= 4 is 21.8 Å². The predicted molar refractivity (Wildman–Crippen MR) is 65.7 cm³/mol. The number of benzene rings is 1. The molecule has 0 bridgehead atoms. The number of fused-ring (bicyclic) bond motifs is 3. The highest BCUT2D eigenvalue weighted by atomic mass is 19.1. The van der Waals surface area contributed by atoms with Crippen LogP contribution < -0.4 is 5.56 Å². The van der Waals surface area contributed by atoms with E-state index in [4.69, 9.17) is 0 Å². The van der Waals surface area contributed by atoms with Gasteiger partial charge in [-0.2, -0.15) is 0 Å². The molecular weight excluding hydrogens is 219 g/mol. The van der Waals surface area contributed by atoms with Crippen LogP contribution in [0.5, 0.6) is 0 Å². The van der Waals surface area contributed by atoms with Crippen LogP contribution in [-0.4, -0.2) is 9.55 Å². The van der Waals surface area contributed by atoms with E-state index in [2.05, 4.69) is 4.98 Å². The molecule has 17 heavy (non-hydrogen) atoms. The summed E-state index contributed by atoms with van der Waals surface area (Å²) < 4.78 is 15.8. The van der Waals surface area contributed by atoms with E-state index in [1.807, 2.05) is 24.6 Å². The number of hydrogen-bond donors (Lipinski definition) is 1. The summed E-state index contributed by atoms with van der Waals surface area (Å²) in [6.45, 7) is 1.82. The van der Waals surface area contributed by atoms with E-state index in [9.17, 15) is 9.18 Å². The summed E-state index contributed by atoms with van der Waals surface area (Å²) in [5.41, 5.74) is 2.21. The molecule has 86 valence electrons. The second-order valence-electron chi connectivity index (χ2n) is 4.21. The number of aromatic amines is 1. The van der Waals surface area contributed by atoms with E-state index in [1.54, 1.807) is 6.07 Å². The highest BCUT2D eigenvalue weighted by Gasteiger charge is 2.13. The summed E-state index contributed by atoms with van der Waals surface area (Å²) in [7, 11) is 1.87. The molecule has 4 heteroatoms. The fourth-order valence-corrected chi connectivity index (χ4v) is 2.48. The molecule has 0 spiro atoms. The normalized spacial score (nSPS) is 11.5. The van der Waals surface area contributed by atoms with Gasteiger partial charge >= 0.3 is 0 Å². The Hall–Kier alpha value is -2.10. The summed E-state index contributed by atoms with van der Waals surface area (Å²) >= 11 is 0. The molecule has 0 saturated heterocycles. The molecule has 0 aliphatic carbocycles. The van der Waals surface area contributed by atoms with Crippen molar-refractivity contribution in [2.45, 2.75) is 6.92 Å². The van der Waals surface area contributed by atoms with Crippen LogP contribution in [0.3, 0.4) is 0 Å². The van der Waals surface area contributed by atoms with Gasteiger partial charge in [-0.25, -0.2) is 4.39 Å². The summed E-state index contributed by atoms with van der Waals surface area (Å²) in [5, 5.41) is 1.18. The number of nitrogens with zero attached hydrogens (tertiary/aromatic N) is 1. The lowest BCUT2D eigenvalue weighted by Crippen LogP contribution is -2.06. The molecule has 1 N–H and O–H groups in total. The number of halogens is 1. The SMILES string of the molecule is Cc1[nH]c(=O)cc2c3c(F)cccc3n(C)c12. The zero-order valence-corrected chi connectivity index (χ0v) is 9.54. The third-order valence-corrected chi connectivity index (χ3v) is 3.15. The topological polar surface area (TPSA) is 37.8 Å². The third kappa shape index (κ3) is 1.24. The first-order chi connectivity index (χ1) is 8.09. The molecule has 1 aromatic carbocycles. The van der Waals surface area contributed by atoms with Crippen molar-refractivity contribution in [2.24, 2.45) is 7.05 Å². The highest BCUT2D eigenvalue weighted by molar-refractivity contribution is 6.08. The fraction of sp³-hybridized carbons (Fsp3) is 0.154. The molecule has 3 nitrogen and oxygen atoms in total. The first-order valence-corrected chi connectivity index (χ1v) is 5.36. The summed E-state index contributed by atoms with van der Waals surface area (Å²) in [5.74, 6) is -0.293. The van der Waals surface area contributed by atoms with Gasteiger partial charge in [-0.3, -0.25) is 4.79 Å². The highest BCUT2D eigenvalue weighted by Crippen LogP contribution is 2.29. The number of pyridine rings is 1. The lowest BCUT2D eigenvalue weighted by molar-refractivity contribution is 0.640. The minimum absolute atomic E-state index is 0.203. The molecular formula is C13H11FN2O. The Morgan fingerprint density at radius 1 is 1.35 bits per heavy atom. The summed E-state index contributed by atoms with van der Waals surface area (Å²) in [4.78, 5) is 14.2. The Kier molecular flexibility index (Phi) is 1.90. The van der Waals surface area contributed by atoms with Crippen molar-refractivity contribution in [1.82, 2.24) is 9.55 Å². The number of hydrogen-bond acceptors (Lipinski definition) is 1. The monoisotopic (exact) mass is 230 g/mol. The quantitative estimate of drug-likeness (QED) is 0.633. The van der Waals surface area contributed by atoms with Crippen LogP contribution in [0.2, 0.25) is 0 Å². The maximum Gasteiger partial charge on any atom is 0.248 e. The molecule has 0 aliphatic rings. The Labute approximate surface area is 96.5 Å². The smallest absolute Gasteiger partial charge is 0.248 e. The van der Waals surface area contributed by atoms with Crippen molar-refractivity contribution in [3.63, 3.8) is 0 Å². The second kappa shape index (κ2) is 3.20. The number of H-pyrrole nitrogens is 1. The standard InChI is InChI=1S/C13H11FN2O/c1-7-13-8(6-11(17)15-7)12-9(14)4-3-5-10(12)16(13)2/h3-6H,1-2H3,(H,15,17). The van der Waals surface area contributed by atoms with Gasteiger partial charge in [-0.05, 0) is 19.1 Å². The van der Waals surface area contributed by atoms with Crippen molar-refractivity contribution in [3.05, 3.63) is 46.1 Å². The molecule has 0 aliphatic heterocycles. The molecule has 2 heterocycles. The number of rotatable bonds is 0. The first kappa shape index (κ1) is 10.1. The summed E-state index contributed by atoms with van der Waals surface area (Å²) in [6.07, 6.45) is 0. The van der Waals surface area contributed by atoms with Gasteiger partial charge in [0, 0.05) is 29.6 Å². The Balaban J connectivity index is 2.75. The van der Waals surface area contributed by atoms with Gasteiger partial charge in [-0.1, -0.05) is 6.07 Å². The number of aromatic nitrogens is 2. The average molecular weight is 230 g/mol. The molecule has 0 saturated carbocycles. The molecule has 0 fully saturated rings. The lowest BCUT2D eigenvalue weighted by Gasteiger charge is -2.00. The third-order valence-electron chi connectivity index (χ3n) is 3.15. The van der Waals surface area contributed by atoms with Crippen molar-refractivity contribution in [3.8, 4) is 0 Å². The molecule has 3 rings (SSSR count). The van der Waals surface area contributed by atoms with Gasteiger partial charge < -0.3 is 9.55 Å². The average Bonchev–Trinajstić information content (AvgIpc) is 2.54. The Bertz CT molecular complexity index is 798. The largest absolute Gasteiger partial charge is 0.342 e. The van der Waals surface area contributed by atoms with Crippen LogP contribution in [0.25, 0.3) is 21.8 Å². The lowest BCUT2D eigenvalue weighted by atomic mass is 10.1. The maximum absolute atomic E-state index is 13.9. The zero-order chi connectivity index (χ0) is 12.2. The zero-order valence-electron chi connectivity index (χ0n) is 9.54. The van der Waals surface area contributed by atoms with Crippen molar-refractivity contribution in [1.29, 1.82) is 0 Å². The van der Waals surface area contributed by atoms with Crippen LogP contribution >= 0.6 is 0 Å². The minimum Gasteiger partial charge on any atom is -0.342 e. The van der Waals surface area contributed by atoms with Gasteiger partial charge in [0.15, 0.2) is 0 Å². The van der Waals surface area contributed by atoms with Crippen molar-refractivity contribution in [2.75, 3.05) is 0 Å². The van der Waals surface area contributed by atoms with Crippen LogP contribution in [-0.2, 0) is 7.05 Å².